The standard InChI is InChI=1S/C11H23N3O3S.ClH/c1-3-18(16,17)14(2)8-10(15)13-11(9-12)6-4-5-7-11;/h3-9,12H2,1-2H3,(H,13,15);1H. The summed E-state index contributed by atoms with van der Waals surface area (Å²) < 4.78 is 24.2. The number of likely N-dealkylation sites (N-methyl/N-ethyl adjacent to an activating group) is 1. The highest BCUT2D eigenvalue weighted by Gasteiger charge is 2.34. The lowest BCUT2D eigenvalue weighted by Gasteiger charge is -2.29. The van der Waals surface area contributed by atoms with Gasteiger partial charge in [-0.15, -0.1) is 12.4 Å². The van der Waals surface area contributed by atoms with Crippen LogP contribution in [-0.2, 0) is 14.8 Å². The van der Waals surface area contributed by atoms with Gasteiger partial charge < -0.3 is 11.1 Å². The number of nitrogens with zero attached hydrogens (tertiary/aromatic N) is 1. The first-order valence-electron chi connectivity index (χ1n) is 6.30. The van der Waals surface area contributed by atoms with E-state index in [1.807, 2.05) is 0 Å². The lowest BCUT2D eigenvalue weighted by atomic mass is 9.98. The van der Waals surface area contributed by atoms with E-state index in [0.29, 0.717) is 6.54 Å². The van der Waals surface area contributed by atoms with E-state index in [1.165, 1.54) is 7.05 Å². The first-order valence-corrected chi connectivity index (χ1v) is 7.91. The summed E-state index contributed by atoms with van der Waals surface area (Å²) >= 11 is 0. The molecule has 1 aliphatic carbocycles. The van der Waals surface area contributed by atoms with Gasteiger partial charge in [-0.05, 0) is 19.8 Å². The van der Waals surface area contributed by atoms with Crippen molar-refractivity contribution in [1.82, 2.24) is 9.62 Å². The predicted molar refractivity (Wildman–Crippen MR) is 77.7 cm³/mol. The number of halogens is 1. The summed E-state index contributed by atoms with van der Waals surface area (Å²) in [6.07, 6.45) is 3.86. The van der Waals surface area contributed by atoms with Crippen molar-refractivity contribution in [3.63, 3.8) is 0 Å². The van der Waals surface area contributed by atoms with Crippen LogP contribution in [0.3, 0.4) is 0 Å². The van der Waals surface area contributed by atoms with Crippen molar-refractivity contribution in [2.75, 3.05) is 25.9 Å². The van der Waals surface area contributed by atoms with Gasteiger partial charge in [0.05, 0.1) is 17.8 Å². The molecule has 0 aromatic heterocycles. The molecule has 1 saturated carbocycles. The van der Waals surface area contributed by atoms with Crippen molar-refractivity contribution >= 4 is 28.3 Å². The van der Waals surface area contributed by atoms with Gasteiger partial charge in [-0.1, -0.05) is 12.8 Å². The molecule has 0 saturated heterocycles. The zero-order chi connectivity index (χ0) is 13.8. The van der Waals surface area contributed by atoms with E-state index in [0.717, 1.165) is 30.0 Å². The molecule has 0 unspecified atom stereocenters. The van der Waals surface area contributed by atoms with Gasteiger partial charge in [0.2, 0.25) is 15.9 Å². The van der Waals surface area contributed by atoms with Crippen molar-refractivity contribution in [1.29, 1.82) is 0 Å². The maximum atomic E-state index is 11.9. The van der Waals surface area contributed by atoms with Crippen LogP contribution in [0.2, 0.25) is 0 Å². The molecular formula is C11H24ClN3O3S. The molecule has 0 radical (unpaired) electrons. The zero-order valence-corrected chi connectivity index (χ0v) is 13.1. The Morgan fingerprint density at radius 3 is 2.32 bits per heavy atom. The number of carbonyl (C=O) groups excluding carboxylic acids is 1. The number of nitrogens with one attached hydrogen (secondary N) is 1. The van der Waals surface area contributed by atoms with Crippen LogP contribution in [0.1, 0.15) is 32.6 Å². The van der Waals surface area contributed by atoms with Crippen LogP contribution in [0.25, 0.3) is 0 Å². The minimum atomic E-state index is -3.31. The van der Waals surface area contributed by atoms with Crippen molar-refractivity contribution in [3.8, 4) is 0 Å². The molecule has 3 N–H and O–H groups in total. The van der Waals surface area contributed by atoms with Gasteiger partial charge in [-0.3, -0.25) is 4.79 Å². The van der Waals surface area contributed by atoms with E-state index in [9.17, 15) is 13.2 Å². The average molecular weight is 314 g/mol. The number of hydrogen-bond donors (Lipinski definition) is 2. The van der Waals surface area contributed by atoms with Crippen LogP contribution in [0.5, 0.6) is 0 Å². The Morgan fingerprint density at radius 1 is 1.37 bits per heavy atom. The van der Waals surface area contributed by atoms with E-state index < -0.39 is 10.0 Å². The third-order valence-corrected chi connectivity index (χ3v) is 5.37. The maximum absolute atomic E-state index is 11.9. The van der Waals surface area contributed by atoms with Crippen LogP contribution < -0.4 is 11.1 Å². The second-order valence-electron chi connectivity index (χ2n) is 4.90. The Bertz CT molecular complexity index is 394. The van der Waals surface area contributed by atoms with Crippen LogP contribution >= 0.6 is 12.4 Å². The Kier molecular flexibility index (Phi) is 7.28. The number of amides is 1. The topological polar surface area (TPSA) is 92.5 Å². The first kappa shape index (κ1) is 18.6. The highest BCUT2D eigenvalue weighted by molar-refractivity contribution is 7.89. The fourth-order valence-electron chi connectivity index (χ4n) is 2.29. The van der Waals surface area contributed by atoms with Gasteiger partial charge in [0, 0.05) is 13.6 Å². The number of nitrogens with two attached hydrogens (primary N) is 1. The van der Waals surface area contributed by atoms with E-state index in [-0.39, 0.29) is 36.2 Å². The largest absolute Gasteiger partial charge is 0.348 e. The smallest absolute Gasteiger partial charge is 0.235 e. The molecule has 0 bridgehead atoms. The molecule has 19 heavy (non-hydrogen) atoms. The Balaban J connectivity index is 0.00000324. The zero-order valence-electron chi connectivity index (χ0n) is 11.5. The number of rotatable bonds is 6. The quantitative estimate of drug-likeness (QED) is 0.726. The second kappa shape index (κ2) is 7.42. The molecular weight excluding hydrogens is 290 g/mol. The van der Waals surface area contributed by atoms with Crippen molar-refractivity contribution < 1.29 is 13.2 Å². The van der Waals surface area contributed by atoms with Crippen LogP contribution in [0.4, 0.5) is 0 Å². The minimum absolute atomic E-state index is 0. The lowest BCUT2D eigenvalue weighted by Crippen LogP contribution is -2.54. The van der Waals surface area contributed by atoms with Gasteiger partial charge >= 0.3 is 0 Å². The normalized spacial score (nSPS) is 18.1. The molecule has 1 rings (SSSR count). The monoisotopic (exact) mass is 313 g/mol. The SMILES string of the molecule is CCS(=O)(=O)N(C)CC(=O)NC1(CN)CCCC1.Cl. The average Bonchev–Trinajstić information content (AvgIpc) is 2.77. The first-order chi connectivity index (χ1) is 8.35. The van der Waals surface area contributed by atoms with Gasteiger partial charge in [-0.25, -0.2) is 8.42 Å². The summed E-state index contributed by atoms with van der Waals surface area (Å²) in [6.45, 7) is 1.82. The van der Waals surface area contributed by atoms with Gasteiger partial charge in [0.1, 0.15) is 0 Å². The summed E-state index contributed by atoms with van der Waals surface area (Å²) in [5.74, 6) is -0.277. The molecule has 1 fully saturated rings. The summed E-state index contributed by atoms with van der Waals surface area (Å²) in [5, 5.41) is 2.90. The van der Waals surface area contributed by atoms with Crippen molar-refractivity contribution in [3.05, 3.63) is 0 Å². The molecule has 0 aliphatic heterocycles. The fraction of sp³-hybridized carbons (Fsp3) is 0.909. The molecule has 0 aromatic rings. The Morgan fingerprint density at radius 2 is 1.89 bits per heavy atom. The van der Waals surface area contributed by atoms with Gasteiger partial charge in [-0.2, -0.15) is 4.31 Å². The van der Waals surface area contributed by atoms with E-state index in [2.05, 4.69) is 5.32 Å². The van der Waals surface area contributed by atoms with Crippen LogP contribution in [0, 0.1) is 0 Å². The predicted octanol–water partition coefficient (Wildman–Crippen LogP) is 0.0774. The molecule has 1 amide bonds. The highest BCUT2D eigenvalue weighted by Crippen LogP contribution is 2.28. The van der Waals surface area contributed by atoms with Gasteiger partial charge in [0.15, 0.2) is 0 Å². The molecule has 0 atom stereocenters. The Labute approximate surface area is 121 Å². The van der Waals surface area contributed by atoms with Gasteiger partial charge in [0.25, 0.3) is 0 Å². The lowest BCUT2D eigenvalue weighted by molar-refractivity contribution is -0.122. The summed E-state index contributed by atoms with van der Waals surface area (Å²) in [6, 6.07) is 0. The van der Waals surface area contributed by atoms with Crippen LogP contribution in [-0.4, -0.2) is 50.1 Å². The molecule has 0 heterocycles. The number of sulfonamides is 1. The van der Waals surface area contributed by atoms with Crippen LogP contribution in [0.15, 0.2) is 0 Å². The van der Waals surface area contributed by atoms with E-state index in [1.54, 1.807) is 6.92 Å². The Hall–Kier alpha value is -0.370. The molecule has 0 aromatic carbocycles. The molecule has 8 heteroatoms. The van der Waals surface area contributed by atoms with Crippen molar-refractivity contribution in [2.45, 2.75) is 38.1 Å². The number of hydrogen-bond acceptors (Lipinski definition) is 4. The summed E-state index contributed by atoms with van der Waals surface area (Å²) in [4.78, 5) is 11.9. The van der Waals surface area contributed by atoms with Crippen molar-refractivity contribution in [2.24, 2.45) is 5.73 Å². The van der Waals surface area contributed by atoms with E-state index in [4.69, 9.17) is 5.73 Å². The number of carbonyl (C=O) groups is 1. The minimum Gasteiger partial charge on any atom is -0.348 e. The second-order valence-corrected chi connectivity index (χ2v) is 7.26. The summed E-state index contributed by atoms with van der Waals surface area (Å²) in [5.41, 5.74) is 5.39. The molecule has 1 aliphatic rings. The summed E-state index contributed by atoms with van der Waals surface area (Å²) in [7, 11) is -1.89. The fourth-order valence-corrected chi connectivity index (χ4v) is 3.04. The highest BCUT2D eigenvalue weighted by atomic mass is 35.5. The maximum Gasteiger partial charge on any atom is 0.235 e. The molecule has 6 nitrogen and oxygen atoms in total. The third-order valence-electron chi connectivity index (χ3n) is 3.56. The molecule has 114 valence electrons. The third kappa shape index (κ3) is 4.91. The molecule has 0 spiro atoms. The van der Waals surface area contributed by atoms with E-state index >= 15 is 0 Å².